The summed E-state index contributed by atoms with van der Waals surface area (Å²) in [6.45, 7) is 2.29. The van der Waals surface area contributed by atoms with Crippen molar-refractivity contribution in [2.75, 3.05) is 7.05 Å². The number of benzene rings is 1. The third-order valence-electron chi connectivity index (χ3n) is 2.29. The molecule has 0 aliphatic heterocycles. The Bertz CT molecular complexity index is 502. The van der Waals surface area contributed by atoms with Crippen LogP contribution in [0.3, 0.4) is 0 Å². The van der Waals surface area contributed by atoms with Crippen LogP contribution < -0.4 is 5.32 Å². The van der Waals surface area contributed by atoms with Crippen molar-refractivity contribution in [3.63, 3.8) is 0 Å². The molecule has 1 aromatic carbocycles. The van der Waals surface area contributed by atoms with Crippen molar-refractivity contribution in [2.45, 2.75) is 13.5 Å². The summed E-state index contributed by atoms with van der Waals surface area (Å²) in [5.41, 5.74) is 2.10. The number of nitrogens with zero attached hydrogens (tertiary/aromatic N) is 2. The fraction of sp³-hybridized carbons (Fsp3) is 0.273. The molecule has 2 aromatic rings. The lowest BCUT2D eigenvalue weighted by Gasteiger charge is -1.97. The minimum absolute atomic E-state index is 0.0421. The van der Waals surface area contributed by atoms with Crippen LogP contribution in [0, 0.1) is 6.92 Å². The number of carbonyl (C=O) groups is 1. The summed E-state index contributed by atoms with van der Waals surface area (Å²) in [6, 6.07) is 6.06. The van der Waals surface area contributed by atoms with Gasteiger partial charge in [0.25, 0.3) is 0 Å². The smallest absolute Gasteiger partial charge is 0.241 e. The van der Waals surface area contributed by atoms with E-state index in [1.54, 1.807) is 11.7 Å². The van der Waals surface area contributed by atoms with E-state index in [1.807, 2.05) is 31.3 Å². The number of hydrogen-bond acceptors (Lipinski definition) is 2. The maximum atomic E-state index is 11.2. The van der Waals surface area contributed by atoms with E-state index in [9.17, 15) is 4.79 Å². The zero-order valence-electron chi connectivity index (χ0n) is 8.82. The van der Waals surface area contributed by atoms with Gasteiger partial charge < -0.3 is 5.32 Å². The summed E-state index contributed by atoms with van der Waals surface area (Å²) < 4.78 is 1.66. The van der Waals surface area contributed by atoms with Crippen molar-refractivity contribution in [2.24, 2.45) is 0 Å². The standard InChI is InChI=1S/C11H13N3O/c1-8-3-4-9-6-14(7-11(15)12-2)13-10(9)5-8/h3-6H,7H2,1-2H3,(H,12,15). The summed E-state index contributed by atoms with van der Waals surface area (Å²) in [5, 5.41) is 7.95. The first-order valence-corrected chi connectivity index (χ1v) is 4.83. The van der Waals surface area contributed by atoms with Crippen molar-refractivity contribution >= 4 is 16.8 Å². The fourth-order valence-electron chi connectivity index (χ4n) is 1.48. The molecule has 4 heteroatoms. The van der Waals surface area contributed by atoms with Crippen LogP contribution in [0.2, 0.25) is 0 Å². The Balaban J connectivity index is 2.34. The number of hydrogen-bond donors (Lipinski definition) is 1. The Morgan fingerprint density at radius 1 is 1.53 bits per heavy atom. The highest BCUT2D eigenvalue weighted by molar-refractivity contribution is 5.80. The van der Waals surface area contributed by atoms with Crippen LogP contribution >= 0.6 is 0 Å². The molecule has 4 nitrogen and oxygen atoms in total. The minimum Gasteiger partial charge on any atom is -0.358 e. The lowest BCUT2D eigenvalue weighted by atomic mass is 10.2. The molecule has 0 atom stereocenters. The number of fused-ring (bicyclic) bond motifs is 1. The monoisotopic (exact) mass is 203 g/mol. The van der Waals surface area contributed by atoms with Gasteiger partial charge in [0.05, 0.1) is 5.52 Å². The Morgan fingerprint density at radius 3 is 3.07 bits per heavy atom. The van der Waals surface area contributed by atoms with E-state index in [4.69, 9.17) is 0 Å². The van der Waals surface area contributed by atoms with Crippen LogP contribution in [-0.2, 0) is 11.3 Å². The molecule has 1 heterocycles. The lowest BCUT2D eigenvalue weighted by molar-refractivity contribution is -0.121. The molecule has 0 saturated carbocycles. The Morgan fingerprint density at radius 2 is 2.33 bits per heavy atom. The minimum atomic E-state index is -0.0421. The topological polar surface area (TPSA) is 46.9 Å². The molecule has 0 spiro atoms. The zero-order valence-corrected chi connectivity index (χ0v) is 8.82. The molecule has 0 unspecified atom stereocenters. The molecule has 15 heavy (non-hydrogen) atoms. The van der Waals surface area contributed by atoms with Crippen molar-refractivity contribution in [3.8, 4) is 0 Å². The van der Waals surface area contributed by atoms with E-state index in [0.717, 1.165) is 10.9 Å². The van der Waals surface area contributed by atoms with Crippen LogP contribution in [0.5, 0.6) is 0 Å². The van der Waals surface area contributed by atoms with Crippen molar-refractivity contribution in [1.82, 2.24) is 15.1 Å². The third kappa shape index (κ3) is 1.98. The number of likely N-dealkylation sites (N-methyl/N-ethyl adjacent to an activating group) is 1. The Kier molecular flexibility index (Phi) is 2.41. The average Bonchev–Trinajstić information content (AvgIpc) is 2.59. The lowest BCUT2D eigenvalue weighted by Crippen LogP contribution is -2.23. The van der Waals surface area contributed by atoms with E-state index in [1.165, 1.54) is 5.56 Å². The quantitative estimate of drug-likeness (QED) is 0.794. The van der Waals surface area contributed by atoms with Gasteiger partial charge in [0, 0.05) is 18.6 Å². The van der Waals surface area contributed by atoms with Gasteiger partial charge in [0.2, 0.25) is 5.91 Å². The Hall–Kier alpha value is -1.84. The van der Waals surface area contributed by atoms with E-state index < -0.39 is 0 Å². The molecule has 0 aliphatic carbocycles. The highest BCUT2D eigenvalue weighted by Gasteiger charge is 2.03. The van der Waals surface area contributed by atoms with E-state index in [2.05, 4.69) is 10.4 Å². The van der Waals surface area contributed by atoms with Gasteiger partial charge in [-0.2, -0.15) is 5.10 Å². The first kappa shape index (κ1) is 9.71. The highest BCUT2D eigenvalue weighted by Crippen LogP contribution is 2.13. The number of amides is 1. The fourth-order valence-corrected chi connectivity index (χ4v) is 1.48. The summed E-state index contributed by atoms with van der Waals surface area (Å²) in [6.07, 6.45) is 1.88. The maximum Gasteiger partial charge on any atom is 0.241 e. The number of rotatable bonds is 2. The number of nitrogens with one attached hydrogen (secondary N) is 1. The largest absolute Gasteiger partial charge is 0.358 e. The maximum absolute atomic E-state index is 11.2. The predicted octanol–water partition coefficient (Wildman–Crippen LogP) is 1.09. The van der Waals surface area contributed by atoms with Gasteiger partial charge >= 0.3 is 0 Å². The summed E-state index contributed by atoms with van der Waals surface area (Å²) in [4.78, 5) is 11.2. The van der Waals surface area contributed by atoms with E-state index >= 15 is 0 Å². The van der Waals surface area contributed by atoms with Gasteiger partial charge in [-0.1, -0.05) is 12.1 Å². The molecular weight excluding hydrogens is 190 g/mol. The van der Waals surface area contributed by atoms with Gasteiger partial charge in [0.1, 0.15) is 6.54 Å². The van der Waals surface area contributed by atoms with Gasteiger partial charge in [-0.15, -0.1) is 0 Å². The zero-order chi connectivity index (χ0) is 10.8. The second-order valence-corrected chi connectivity index (χ2v) is 3.56. The molecule has 1 aromatic heterocycles. The predicted molar refractivity (Wildman–Crippen MR) is 58.5 cm³/mol. The van der Waals surface area contributed by atoms with Crippen molar-refractivity contribution < 1.29 is 4.79 Å². The third-order valence-corrected chi connectivity index (χ3v) is 2.29. The molecule has 78 valence electrons. The van der Waals surface area contributed by atoms with Gasteiger partial charge in [-0.05, 0) is 18.6 Å². The first-order chi connectivity index (χ1) is 7.19. The first-order valence-electron chi connectivity index (χ1n) is 4.83. The van der Waals surface area contributed by atoms with Gasteiger partial charge in [0.15, 0.2) is 0 Å². The number of aryl methyl sites for hydroxylation is 1. The Labute approximate surface area is 87.9 Å². The normalized spacial score (nSPS) is 10.5. The van der Waals surface area contributed by atoms with Gasteiger partial charge in [-0.3, -0.25) is 9.48 Å². The molecule has 2 rings (SSSR count). The molecule has 1 N–H and O–H groups in total. The molecule has 0 bridgehead atoms. The van der Waals surface area contributed by atoms with Crippen LogP contribution in [0.15, 0.2) is 24.4 Å². The summed E-state index contributed by atoms with van der Waals surface area (Å²) in [7, 11) is 1.62. The number of carbonyl (C=O) groups excluding carboxylic acids is 1. The van der Waals surface area contributed by atoms with Crippen LogP contribution in [0.4, 0.5) is 0 Å². The highest BCUT2D eigenvalue weighted by atomic mass is 16.1. The van der Waals surface area contributed by atoms with E-state index in [0.29, 0.717) is 0 Å². The summed E-state index contributed by atoms with van der Waals surface area (Å²) >= 11 is 0. The van der Waals surface area contributed by atoms with Crippen LogP contribution in [0.1, 0.15) is 5.56 Å². The molecular formula is C11H13N3O. The van der Waals surface area contributed by atoms with Crippen molar-refractivity contribution in [3.05, 3.63) is 30.0 Å². The molecule has 0 fully saturated rings. The van der Waals surface area contributed by atoms with Crippen LogP contribution in [0.25, 0.3) is 10.9 Å². The van der Waals surface area contributed by atoms with Crippen molar-refractivity contribution in [1.29, 1.82) is 0 Å². The molecule has 0 radical (unpaired) electrons. The van der Waals surface area contributed by atoms with Crippen LogP contribution in [-0.4, -0.2) is 22.7 Å². The molecule has 0 aliphatic rings. The SMILES string of the molecule is CNC(=O)Cn1cc2ccc(C)cc2n1. The molecule has 0 saturated heterocycles. The van der Waals surface area contributed by atoms with E-state index in [-0.39, 0.29) is 12.5 Å². The molecule has 1 amide bonds. The number of aromatic nitrogens is 2. The summed E-state index contributed by atoms with van der Waals surface area (Å²) in [5.74, 6) is -0.0421. The second kappa shape index (κ2) is 3.73. The van der Waals surface area contributed by atoms with Gasteiger partial charge in [-0.25, -0.2) is 0 Å². The average molecular weight is 203 g/mol. The second-order valence-electron chi connectivity index (χ2n) is 3.56.